The first-order valence-corrected chi connectivity index (χ1v) is 7.04. The highest BCUT2D eigenvalue weighted by atomic mass is 79.9. The van der Waals surface area contributed by atoms with Gasteiger partial charge in [-0.05, 0) is 30.7 Å². The summed E-state index contributed by atoms with van der Waals surface area (Å²) in [5, 5.41) is 5.67. The van der Waals surface area contributed by atoms with Crippen LogP contribution in [0.25, 0.3) is 0 Å². The Kier molecular flexibility index (Phi) is 5.10. The van der Waals surface area contributed by atoms with Crippen LogP contribution in [0.5, 0.6) is 5.88 Å². The van der Waals surface area contributed by atoms with Crippen LogP contribution in [0.1, 0.15) is 5.56 Å². The molecule has 0 aliphatic rings. The molecule has 0 spiro atoms. The maximum absolute atomic E-state index is 11.9. The summed E-state index contributed by atoms with van der Waals surface area (Å²) in [6, 6.07) is 7.30. The number of amides is 1. The van der Waals surface area contributed by atoms with Crippen molar-refractivity contribution in [3.8, 4) is 5.88 Å². The van der Waals surface area contributed by atoms with Gasteiger partial charge in [0, 0.05) is 22.4 Å². The number of ether oxygens (including phenoxy) is 1. The fourth-order valence-corrected chi connectivity index (χ4v) is 2.14. The van der Waals surface area contributed by atoms with Crippen LogP contribution in [-0.2, 0) is 4.79 Å². The topological polar surface area (TPSA) is 76.1 Å². The van der Waals surface area contributed by atoms with E-state index in [1.807, 2.05) is 25.1 Å². The fraction of sp³-hybridized carbons (Fsp3) is 0.214. The lowest BCUT2D eigenvalue weighted by atomic mass is 10.2. The number of aryl methyl sites for hydroxylation is 1. The van der Waals surface area contributed by atoms with Crippen LogP contribution in [0.2, 0.25) is 0 Å². The molecule has 1 heterocycles. The Morgan fingerprint density at radius 1 is 1.38 bits per heavy atom. The molecule has 0 fully saturated rings. The lowest BCUT2D eigenvalue weighted by Crippen LogP contribution is -2.23. The molecule has 1 aromatic carbocycles. The highest BCUT2D eigenvalue weighted by molar-refractivity contribution is 9.10. The van der Waals surface area contributed by atoms with Gasteiger partial charge in [0.1, 0.15) is 0 Å². The standard InChI is InChI=1S/C14H15BrN4O2/c1-9-7-10(15)3-4-11(9)18-12(20)8-17-14-16-6-5-13(19-14)21-2/h3-7H,8H2,1-2H3,(H,18,20)(H,16,17,19). The van der Waals surface area contributed by atoms with Crippen molar-refractivity contribution in [2.75, 3.05) is 24.3 Å². The van der Waals surface area contributed by atoms with Gasteiger partial charge in [0.25, 0.3) is 0 Å². The quantitative estimate of drug-likeness (QED) is 0.866. The van der Waals surface area contributed by atoms with Gasteiger partial charge >= 0.3 is 0 Å². The second-order valence-electron chi connectivity index (χ2n) is 4.28. The van der Waals surface area contributed by atoms with Crippen LogP contribution in [-0.4, -0.2) is 29.5 Å². The number of nitrogens with zero attached hydrogens (tertiary/aromatic N) is 2. The van der Waals surface area contributed by atoms with Crippen molar-refractivity contribution in [3.63, 3.8) is 0 Å². The van der Waals surface area contributed by atoms with Gasteiger partial charge in [-0.15, -0.1) is 0 Å². The summed E-state index contributed by atoms with van der Waals surface area (Å²) in [7, 11) is 1.52. The summed E-state index contributed by atoms with van der Waals surface area (Å²) in [4.78, 5) is 20.0. The number of carbonyl (C=O) groups is 1. The largest absolute Gasteiger partial charge is 0.481 e. The number of rotatable bonds is 5. The minimum absolute atomic E-state index is 0.0721. The average molecular weight is 351 g/mol. The van der Waals surface area contributed by atoms with Gasteiger partial charge < -0.3 is 15.4 Å². The van der Waals surface area contributed by atoms with E-state index in [2.05, 4.69) is 36.5 Å². The summed E-state index contributed by atoms with van der Waals surface area (Å²) < 4.78 is 5.96. The predicted molar refractivity (Wildman–Crippen MR) is 84.6 cm³/mol. The molecule has 6 nitrogen and oxygen atoms in total. The Morgan fingerprint density at radius 2 is 2.19 bits per heavy atom. The number of nitrogens with one attached hydrogen (secondary N) is 2. The number of aromatic nitrogens is 2. The zero-order chi connectivity index (χ0) is 15.2. The van der Waals surface area contributed by atoms with Crippen LogP contribution in [0.4, 0.5) is 11.6 Å². The van der Waals surface area contributed by atoms with Crippen LogP contribution in [0.15, 0.2) is 34.9 Å². The zero-order valence-corrected chi connectivity index (χ0v) is 13.3. The maximum atomic E-state index is 11.9. The second kappa shape index (κ2) is 7.03. The molecule has 110 valence electrons. The normalized spacial score (nSPS) is 10.0. The third kappa shape index (κ3) is 4.42. The number of carbonyl (C=O) groups excluding carboxylic acids is 1. The average Bonchev–Trinajstić information content (AvgIpc) is 2.48. The van der Waals surface area contributed by atoms with E-state index in [4.69, 9.17) is 4.74 Å². The van der Waals surface area contributed by atoms with Gasteiger partial charge in [-0.1, -0.05) is 15.9 Å². The smallest absolute Gasteiger partial charge is 0.243 e. The minimum Gasteiger partial charge on any atom is -0.481 e. The van der Waals surface area contributed by atoms with Crippen LogP contribution in [0, 0.1) is 6.92 Å². The molecule has 0 aliphatic carbocycles. The molecule has 7 heteroatoms. The molecular formula is C14H15BrN4O2. The molecule has 0 bridgehead atoms. The number of methoxy groups -OCH3 is 1. The molecule has 0 atom stereocenters. The summed E-state index contributed by atoms with van der Waals surface area (Å²) >= 11 is 3.38. The summed E-state index contributed by atoms with van der Waals surface area (Å²) in [5.41, 5.74) is 1.76. The van der Waals surface area contributed by atoms with Crippen LogP contribution < -0.4 is 15.4 Å². The molecule has 0 saturated heterocycles. The lowest BCUT2D eigenvalue weighted by molar-refractivity contribution is -0.114. The SMILES string of the molecule is COc1ccnc(NCC(=O)Nc2ccc(Br)cc2C)n1. The van der Waals surface area contributed by atoms with Gasteiger partial charge in [-0.25, -0.2) is 4.98 Å². The van der Waals surface area contributed by atoms with E-state index in [9.17, 15) is 4.79 Å². The molecule has 0 saturated carbocycles. The molecule has 2 rings (SSSR count). The van der Waals surface area contributed by atoms with Crippen molar-refractivity contribution < 1.29 is 9.53 Å². The first-order chi connectivity index (χ1) is 10.1. The number of anilines is 2. The van der Waals surface area contributed by atoms with E-state index < -0.39 is 0 Å². The zero-order valence-electron chi connectivity index (χ0n) is 11.7. The van der Waals surface area contributed by atoms with Crippen molar-refractivity contribution >= 4 is 33.5 Å². The minimum atomic E-state index is -0.174. The molecule has 1 amide bonds. The van der Waals surface area contributed by atoms with Crippen molar-refractivity contribution in [2.45, 2.75) is 6.92 Å². The van der Waals surface area contributed by atoms with Crippen molar-refractivity contribution in [3.05, 3.63) is 40.5 Å². The Hall–Kier alpha value is -2.15. The first-order valence-electron chi connectivity index (χ1n) is 6.25. The van der Waals surface area contributed by atoms with E-state index in [1.54, 1.807) is 12.3 Å². The molecule has 0 unspecified atom stereocenters. The van der Waals surface area contributed by atoms with Crippen molar-refractivity contribution in [1.29, 1.82) is 0 Å². The number of halogens is 1. The first kappa shape index (κ1) is 15.2. The molecule has 2 N–H and O–H groups in total. The van der Waals surface area contributed by atoms with Crippen molar-refractivity contribution in [2.24, 2.45) is 0 Å². The van der Waals surface area contributed by atoms with Crippen LogP contribution in [0.3, 0.4) is 0 Å². The van der Waals surface area contributed by atoms with Crippen LogP contribution >= 0.6 is 15.9 Å². The Morgan fingerprint density at radius 3 is 2.90 bits per heavy atom. The Balaban J connectivity index is 1.92. The third-order valence-corrected chi connectivity index (χ3v) is 3.20. The second-order valence-corrected chi connectivity index (χ2v) is 5.20. The Bertz CT molecular complexity index is 649. The van der Waals surface area contributed by atoms with Gasteiger partial charge in [0.15, 0.2) is 0 Å². The van der Waals surface area contributed by atoms with E-state index in [1.165, 1.54) is 7.11 Å². The molecule has 0 aliphatic heterocycles. The van der Waals surface area contributed by atoms with Gasteiger partial charge in [0.2, 0.25) is 17.7 Å². The molecular weight excluding hydrogens is 336 g/mol. The third-order valence-electron chi connectivity index (χ3n) is 2.71. The van der Waals surface area contributed by atoms with E-state index in [0.29, 0.717) is 11.8 Å². The van der Waals surface area contributed by atoms with E-state index in [-0.39, 0.29) is 12.5 Å². The molecule has 2 aromatic rings. The molecule has 1 aromatic heterocycles. The summed E-state index contributed by atoms with van der Waals surface area (Å²) in [6.45, 7) is 2.00. The fourth-order valence-electron chi connectivity index (χ4n) is 1.66. The summed E-state index contributed by atoms with van der Waals surface area (Å²) in [5.74, 6) is 0.612. The van der Waals surface area contributed by atoms with Gasteiger partial charge in [-0.2, -0.15) is 4.98 Å². The molecule has 0 radical (unpaired) electrons. The van der Waals surface area contributed by atoms with E-state index >= 15 is 0 Å². The van der Waals surface area contributed by atoms with E-state index in [0.717, 1.165) is 15.7 Å². The van der Waals surface area contributed by atoms with Gasteiger partial charge in [-0.3, -0.25) is 4.79 Å². The van der Waals surface area contributed by atoms with Crippen molar-refractivity contribution in [1.82, 2.24) is 9.97 Å². The summed E-state index contributed by atoms with van der Waals surface area (Å²) in [6.07, 6.45) is 1.56. The number of hydrogen-bond acceptors (Lipinski definition) is 5. The number of benzene rings is 1. The highest BCUT2D eigenvalue weighted by Crippen LogP contribution is 2.19. The number of hydrogen-bond donors (Lipinski definition) is 2. The Labute approximate surface area is 131 Å². The predicted octanol–water partition coefficient (Wildman–Crippen LogP) is 2.61. The lowest BCUT2D eigenvalue weighted by Gasteiger charge is -2.09. The maximum Gasteiger partial charge on any atom is 0.243 e. The molecule has 21 heavy (non-hydrogen) atoms. The highest BCUT2D eigenvalue weighted by Gasteiger charge is 2.06. The van der Waals surface area contributed by atoms with Gasteiger partial charge in [0.05, 0.1) is 13.7 Å². The monoisotopic (exact) mass is 350 g/mol.